The fourth-order valence-corrected chi connectivity index (χ4v) is 2.33. The van der Waals surface area contributed by atoms with Gasteiger partial charge in [-0.25, -0.2) is 4.79 Å². The summed E-state index contributed by atoms with van der Waals surface area (Å²) in [6.07, 6.45) is 0.295. The van der Waals surface area contributed by atoms with Crippen molar-refractivity contribution in [2.24, 2.45) is 5.73 Å². The Bertz CT molecular complexity index is 490. The number of amides is 1. The first-order valence-corrected chi connectivity index (χ1v) is 6.34. The molecule has 1 saturated heterocycles. The van der Waals surface area contributed by atoms with Crippen LogP contribution >= 0.6 is 0 Å². The van der Waals surface area contributed by atoms with Crippen molar-refractivity contribution in [3.05, 3.63) is 23.8 Å². The normalized spacial score (nSPS) is 22.5. The summed E-state index contributed by atoms with van der Waals surface area (Å²) in [4.78, 5) is 13.7. The molecule has 0 aromatic heterocycles. The molecule has 0 spiro atoms. The summed E-state index contributed by atoms with van der Waals surface area (Å²) in [5, 5.41) is 0. The Kier molecular flexibility index (Phi) is 3.66. The second kappa shape index (κ2) is 5.09. The maximum atomic E-state index is 12.1. The van der Waals surface area contributed by atoms with Crippen molar-refractivity contribution in [2.45, 2.75) is 25.9 Å². The van der Waals surface area contributed by atoms with Gasteiger partial charge in [-0.15, -0.1) is 0 Å². The van der Waals surface area contributed by atoms with Crippen LogP contribution in [0.5, 0.6) is 5.75 Å². The lowest BCUT2D eigenvalue weighted by atomic mass is 10.0. The first kappa shape index (κ1) is 13.7. The number of hydrogen-bond donors (Lipinski definition) is 1. The summed E-state index contributed by atoms with van der Waals surface area (Å²) < 4.78 is 10.8. The highest BCUT2D eigenvalue weighted by molar-refractivity contribution is 5.92. The number of ether oxygens (including phenoxy) is 2. The molecule has 2 N–H and O–H groups in total. The summed E-state index contributed by atoms with van der Waals surface area (Å²) in [7, 11) is 1.59. The van der Waals surface area contributed by atoms with E-state index in [0.29, 0.717) is 25.3 Å². The van der Waals surface area contributed by atoms with Gasteiger partial charge in [0, 0.05) is 6.42 Å². The molecule has 1 aromatic rings. The quantitative estimate of drug-likeness (QED) is 0.904. The van der Waals surface area contributed by atoms with E-state index in [1.807, 2.05) is 32.0 Å². The van der Waals surface area contributed by atoms with Gasteiger partial charge in [0.15, 0.2) is 0 Å². The van der Waals surface area contributed by atoms with Crippen LogP contribution < -0.4 is 15.4 Å². The van der Waals surface area contributed by atoms with Crippen molar-refractivity contribution in [3.8, 4) is 5.75 Å². The van der Waals surface area contributed by atoms with Crippen molar-refractivity contribution < 1.29 is 14.3 Å². The van der Waals surface area contributed by atoms with Crippen LogP contribution in [-0.2, 0) is 4.74 Å². The van der Waals surface area contributed by atoms with Gasteiger partial charge in [0.1, 0.15) is 11.4 Å². The fraction of sp³-hybridized carbons (Fsp3) is 0.500. The lowest BCUT2D eigenvalue weighted by Crippen LogP contribution is -2.33. The molecule has 1 amide bonds. The molecule has 104 valence electrons. The van der Waals surface area contributed by atoms with Crippen LogP contribution in [0.25, 0.3) is 0 Å². The number of nitrogens with zero attached hydrogens (tertiary/aromatic N) is 1. The number of cyclic esters (lactones) is 1. The summed E-state index contributed by atoms with van der Waals surface area (Å²) in [5.74, 6) is 0.666. The summed E-state index contributed by atoms with van der Waals surface area (Å²) in [6, 6.07) is 5.73. The van der Waals surface area contributed by atoms with Crippen molar-refractivity contribution >= 4 is 11.8 Å². The predicted molar refractivity (Wildman–Crippen MR) is 73.6 cm³/mol. The summed E-state index contributed by atoms with van der Waals surface area (Å²) >= 11 is 0. The number of anilines is 1. The zero-order valence-electron chi connectivity index (χ0n) is 11.6. The number of benzene rings is 1. The van der Waals surface area contributed by atoms with Crippen LogP contribution in [-0.4, -0.2) is 31.9 Å². The smallest absolute Gasteiger partial charge is 0.415 e. The molecule has 19 heavy (non-hydrogen) atoms. The monoisotopic (exact) mass is 264 g/mol. The first-order chi connectivity index (χ1) is 8.99. The van der Waals surface area contributed by atoms with E-state index in [9.17, 15) is 4.79 Å². The molecule has 1 aromatic carbocycles. The molecule has 5 heteroatoms. The maximum Gasteiger partial charge on any atom is 0.415 e. The number of aryl methyl sites for hydroxylation is 1. The van der Waals surface area contributed by atoms with E-state index in [1.54, 1.807) is 12.0 Å². The van der Waals surface area contributed by atoms with Crippen LogP contribution in [0.15, 0.2) is 18.2 Å². The van der Waals surface area contributed by atoms with Crippen LogP contribution in [0.1, 0.15) is 18.9 Å². The van der Waals surface area contributed by atoms with E-state index < -0.39 is 5.60 Å². The van der Waals surface area contributed by atoms with Gasteiger partial charge < -0.3 is 15.2 Å². The molecular formula is C14H20N2O3. The van der Waals surface area contributed by atoms with Crippen molar-refractivity contribution in [3.63, 3.8) is 0 Å². The molecule has 0 radical (unpaired) electrons. The standard InChI is InChI=1S/C14H20N2O3/c1-10-4-5-12(18-3)11(8-10)16-9-14(2,6-7-15)19-13(16)17/h4-5,8H,6-7,9,15H2,1-3H3. The zero-order valence-corrected chi connectivity index (χ0v) is 11.6. The van der Waals surface area contributed by atoms with Gasteiger partial charge in [0.05, 0.1) is 19.3 Å². The molecule has 1 fully saturated rings. The van der Waals surface area contributed by atoms with Crippen molar-refractivity contribution in [1.29, 1.82) is 0 Å². The Hall–Kier alpha value is -1.75. The minimum Gasteiger partial charge on any atom is -0.495 e. The molecule has 1 unspecified atom stereocenters. The van der Waals surface area contributed by atoms with E-state index >= 15 is 0 Å². The number of methoxy groups -OCH3 is 1. The number of carbonyl (C=O) groups is 1. The minimum absolute atomic E-state index is 0.347. The molecule has 1 heterocycles. The summed E-state index contributed by atoms with van der Waals surface area (Å²) in [6.45, 7) is 4.86. The Labute approximate surface area is 113 Å². The van der Waals surface area contributed by atoms with Gasteiger partial charge in [0.25, 0.3) is 0 Å². The number of carbonyl (C=O) groups excluding carboxylic acids is 1. The molecule has 2 rings (SSSR count). The minimum atomic E-state index is -0.527. The molecule has 0 aliphatic carbocycles. The largest absolute Gasteiger partial charge is 0.495 e. The molecule has 1 aliphatic heterocycles. The van der Waals surface area contributed by atoms with Crippen LogP contribution in [0.2, 0.25) is 0 Å². The zero-order chi connectivity index (χ0) is 14.0. The summed E-state index contributed by atoms with van der Waals surface area (Å²) in [5.41, 5.74) is 6.85. The Balaban J connectivity index is 2.32. The predicted octanol–water partition coefficient (Wildman–Crippen LogP) is 2.07. The number of hydrogen-bond acceptors (Lipinski definition) is 4. The average molecular weight is 264 g/mol. The molecule has 5 nitrogen and oxygen atoms in total. The maximum absolute atomic E-state index is 12.1. The van der Waals surface area contributed by atoms with E-state index in [-0.39, 0.29) is 6.09 Å². The second-order valence-corrected chi connectivity index (χ2v) is 5.12. The molecular weight excluding hydrogens is 244 g/mol. The van der Waals surface area contributed by atoms with E-state index in [4.69, 9.17) is 15.2 Å². The van der Waals surface area contributed by atoms with Gasteiger partial charge in [-0.05, 0) is 38.1 Å². The first-order valence-electron chi connectivity index (χ1n) is 6.34. The molecule has 0 saturated carbocycles. The molecule has 1 atom stereocenters. The van der Waals surface area contributed by atoms with E-state index in [1.165, 1.54) is 0 Å². The topological polar surface area (TPSA) is 64.8 Å². The van der Waals surface area contributed by atoms with Gasteiger partial charge >= 0.3 is 6.09 Å². The van der Waals surface area contributed by atoms with E-state index in [2.05, 4.69) is 0 Å². The Morgan fingerprint density at radius 3 is 2.89 bits per heavy atom. The Morgan fingerprint density at radius 1 is 1.53 bits per heavy atom. The third-order valence-corrected chi connectivity index (χ3v) is 3.35. The highest BCUT2D eigenvalue weighted by atomic mass is 16.6. The van der Waals surface area contributed by atoms with Crippen molar-refractivity contribution in [1.82, 2.24) is 0 Å². The van der Waals surface area contributed by atoms with Gasteiger partial charge in [-0.3, -0.25) is 4.90 Å². The lowest BCUT2D eigenvalue weighted by molar-refractivity contribution is 0.0672. The third-order valence-electron chi connectivity index (χ3n) is 3.35. The number of rotatable bonds is 4. The van der Waals surface area contributed by atoms with Gasteiger partial charge in [-0.1, -0.05) is 6.07 Å². The van der Waals surface area contributed by atoms with Crippen LogP contribution in [0, 0.1) is 6.92 Å². The van der Waals surface area contributed by atoms with Crippen molar-refractivity contribution in [2.75, 3.05) is 25.1 Å². The second-order valence-electron chi connectivity index (χ2n) is 5.12. The van der Waals surface area contributed by atoms with Crippen LogP contribution in [0.3, 0.4) is 0 Å². The molecule has 1 aliphatic rings. The fourth-order valence-electron chi connectivity index (χ4n) is 2.33. The van der Waals surface area contributed by atoms with Gasteiger partial charge in [-0.2, -0.15) is 0 Å². The SMILES string of the molecule is COc1ccc(C)cc1N1CC(C)(CCN)OC1=O. The average Bonchev–Trinajstić information content (AvgIpc) is 2.65. The molecule has 0 bridgehead atoms. The van der Waals surface area contributed by atoms with E-state index in [0.717, 1.165) is 11.3 Å². The lowest BCUT2D eigenvalue weighted by Gasteiger charge is -2.21. The highest BCUT2D eigenvalue weighted by Gasteiger charge is 2.42. The third kappa shape index (κ3) is 2.66. The van der Waals surface area contributed by atoms with Gasteiger partial charge in [0.2, 0.25) is 0 Å². The number of nitrogens with two attached hydrogens (primary N) is 1. The Morgan fingerprint density at radius 2 is 2.26 bits per heavy atom. The highest BCUT2D eigenvalue weighted by Crippen LogP contribution is 2.35. The van der Waals surface area contributed by atoms with Crippen LogP contribution in [0.4, 0.5) is 10.5 Å².